The minimum absolute atomic E-state index is 0.0283. The van der Waals surface area contributed by atoms with Gasteiger partial charge in [0.1, 0.15) is 17.6 Å². The lowest BCUT2D eigenvalue weighted by Crippen LogP contribution is -2.57. The average Bonchev–Trinajstić information content (AvgIpc) is 4.22. The molecule has 0 aliphatic carbocycles. The molecule has 5 heterocycles. The number of aliphatic hydroxyl groups excluding tert-OH is 1. The first kappa shape index (κ1) is 60.5. The van der Waals surface area contributed by atoms with Crippen LogP contribution in [0.1, 0.15) is 152 Å². The molecule has 5 atom stereocenters. The molecule has 8 rings (SSSR count). The Morgan fingerprint density at radius 2 is 1.47 bits per heavy atom. The van der Waals surface area contributed by atoms with E-state index in [1.165, 1.54) is 15.8 Å². The number of nitrogens with one attached hydrogen (secondary N) is 3. The van der Waals surface area contributed by atoms with E-state index < -0.39 is 29.2 Å². The molecule has 0 radical (unpaired) electrons. The molecule has 0 spiro atoms. The number of aliphatic hydroxyl groups is 2. The van der Waals surface area contributed by atoms with Crippen LogP contribution in [0.4, 0.5) is 0 Å². The Kier molecular flexibility index (Phi) is 20.5. The van der Waals surface area contributed by atoms with Gasteiger partial charge in [-0.15, -0.1) is 11.3 Å². The molecule has 4 amide bonds. The number of amides is 4. The van der Waals surface area contributed by atoms with Crippen molar-refractivity contribution in [2.45, 2.75) is 174 Å². The van der Waals surface area contributed by atoms with Crippen LogP contribution in [0.25, 0.3) is 32.7 Å². The topological polar surface area (TPSA) is 217 Å². The molecule has 6 aromatic rings. The molecule has 3 aromatic heterocycles. The third kappa shape index (κ3) is 15.7. The van der Waals surface area contributed by atoms with Gasteiger partial charge in [0.15, 0.2) is 5.52 Å². The predicted molar refractivity (Wildman–Crippen MR) is 318 cm³/mol. The average molecular weight is 1130 g/mol. The standard InChI is InChI=1S/C63H84N10O7S/c1-42(46-19-15-14-16-20-46)35-53(76)71-33-30-63(80,31-34-71)39-72-40-65-54-55(60(72)78)69-70(7)56(54)48-24-22-45(23-25-48)37-64-32-18-13-11-9-8-10-12-17-21-52(75)68-58(62(4,5)6)61(79)73-38-50(74)36-51(73)59(77)67-43(2)47-26-28-49(29-27-47)57-44(3)66-41-81-57/h14-16,19-20,22-29,40-43,50-51,58,64,74,80H,8-13,17-18,21,30-39H2,1-7H3,(H,67,77)(H,68,75)/t42-,43+,50-,51+,58-/m1/s1. The van der Waals surface area contributed by atoms with Crippen LogP contribution in [0.3, 0.4) is 0 Å². The van der Waals surface area contributed by atoms with Crippen molar-refractivity contribution >= 4 is 46.0 Å². The van der Waals surface area contributed by atoms with E-state index in [1.54, 1.807) is 16.0 Å². The Labute approximate surface area is 481 Å². The second kappa shape index (κ2) is 27.4. The van der Waals surface area contributed by atoms with Gasteiger partial charge in [0.05, 0.1) is 52.4 Å². The van der Waals surface area contributed by atoms with E-state index >= 15 is 0 Å². The lowest BCUT2D eigenvalue weighted by Gasteiger charge is -2.38. The second-order valence-corrected chi connectivity index (χ2v) is 24.7. The van der Waals surface area contributed by atoms with Gasteiger partial charge in [-0.05, 0) is 79.7 Å². The zero-order valence-electron chi connectivity index (χ0n) is 48.5. The number of hydrogen-bond donors (Lipinski definition) is 5. The fourth-order valence-electron chi connectivity index (χ4n) is 11.3. The maximum Gasteiger partial charge on any atom is 0.281 e. The Morgan fingerprint density at radius 3 is 2.12 bits per heavy atom. The highest BCUT2D eigenvalue weighted by atomic mass is 32.1. The van der Waals surface area contributed by atoms with Gasteiger partial charge < -0.3 is 36.0 Å². The van der Waals surface area contributed by atoms with Crippen molar-refractivity contribution in [3.8, 4) is 21.7 Å². The number of unbranched alkanes of at least 4 members (excludes halogenated alkanes) is 7. The van der Waals surface area contributed by atoms with Gasteiger partial charge in [-0.1, -0.05) is 145 Å². The van der Waals surface area contributed by atoms with Gasteiger partial charge in [0.2, 0.25) is 23.6 Å². The highest BCUT2D eigenvalue weighted by Gasteiger charge is 2.45. The number of carbonyl (C=O) groups is 4. The monoisotopic (exact) mass is 1120 g/mol. The normalized spacial score (nSPS) is 17.5. The first-order valence-corrected chi connectivity index (χ1v) is 30.0. The summed E-state index contributed by atoms with van der Waals surface area (Å²) >= 11 is 1.58. The first-order chi connectivity index (χ1) is 38.8. The maximum atomic E-state index is 14.1. The molecule has 0 bridgehead atoms. The van der Waals surface area contributed by atoms with Crippen molar-refractivity contribution < 1.29 is 29.4 Å². The zero-order chi connectivity index (χ0) is 57.8. The van der Waals surface area contributed by atoms with Gasteiger partial charge in [-0.25, -0.2) is 9.97 Å². The van der Waals surface area contributed by atoms with E-state index in [4.69, 9.17) is 0 Å². The molecule has 0 saturated carbocycles. The molecule has 5 N–H and O–H groups in total. The molecule has 18 heteroatoms. The van der Waals surface area contributed by atoms with Gasteiger partial charge in [-0.2, -0.15) is 5.10 Å². The summed E-state index contributed by atoms with van der Waals surface area (Å²) in [7, 11) is 1.81. The molecule has 0 unspecified atom stereocenters. The van der Waals surface area contributed by atoms with Crippen LogP contribution in [0.2, 0.25) is 0 Å². The molecule has 3 aromatic carbocycles. The molecule has 2 saturated heterocycles. The fourth-order valence-corrected chi connectivity index (χ4v) is 12.1. The number of thiazole rings is 1. The van der Waals surface area contributed by atoms with E-state index in [9.17, 15) is 34.2 Å². The molecule has 2 aliphatic rings. The summed E-state index contributed by atoms with van der Waals surface area (Å²) in [5, 5.41) is 36.4. The number of piperidine rings is 1. The third-order valence-corrected chi connectivity index (χ3v) is 17.3. The summed E-state index contributed by atoms with van der Waals surface area (Å²) in [6, 6.07) is 24.2. The van der Waals surface area contributed by atoms with Crippen LogP contribution in [0.15, 0.2) is 95.5 Å². The van der Waals surface area contributed by atoms with Crippen LogP contribution in [0, 0.1) is 12.3 Å². The second-order valence-electron chi connectivity index (χ2n) is 23.8. The highest BCUT2D eigenvalue weighted by Crippen LogP contribution is 2.32. The van der Waals surface area contributed by atoms with Crippen LogP contribution in [0.5, 0.6) is 0 Å². The van der Waals surface area contributed by atoms with Crippen molar-refractivity contribution in [1.82, 2.24) is 50.1 Å². The number of likely N-dealkylation sites (tertiary alicyclic amines) is 2. The van der Waals surface area contributed by atoms with Crippen molar-refractivity contribution in [3.63, 3.8) is 0 Å². The smallest absolute Gasteiger partial charge is 0.281 e. The lowest BCUT2D eigenvalue weighted by molar-refractivity contribution is -0.144. The lowest BCUT2D eigenvalue weighted by atomic mass is 9.85. The third-order valence-electron chi connectivity index (χ3n) is 16.3. The Hall–Kier alpha value is -6.60. The van der Waals surface area contributed by atoms with Crippen molar-refractivity contribution in [2.75, 3.05) is 26.2 Å². The van der Waals surface area contributed by atoms with Crippen LogP contribution in [-0.2, 0) is 39.3 Å². The van der Waals surface area contributed by atoms with Gasteiger partial charge in [-0.3, -0.25) is 33.2 Å². The van der Waals surface area contributed by atoms with E-state index in [1.807, 2.05) is 119 Å². The SMILES string of the molecule is Cc1ncsc1-c1ccc([C@H](C)NC(=O)[C@@H]2C[C@@H](O)CN2C(=O)[C@@H](NC(=O)CCCCCCCCCCNCc2ccc(-c3c4ncn(CC5(O)CCN(C(=O)C[C@@H](C)c6ccccc6)CC5)c(=O)c4nn3C)cc2)C(C)(C)C)cc1. The van der Waals surface area contributed by atoms with Gasteiger partial charge in [0.25, 0.3) is 5.56 Å². The maximum absolute atomic E-state index is 14.1. The van der Waals surface area contributed by atoms with Crippen molar-refractivity contribution in [1.29, 1.82) is 0 Å². The van der Waals surface area contributed by atoms with Crippen molar-refractivity contribution in [2.24, 2.45) is 12.5 Å². The zero-order valence-corrected chi connectivity index (χ0v) is 49.3. The number of hydrogen-bond acceptors (Lipinski definition) is 12. The Morgan fingerprint density at radius 1 is 0.815 bits per heavy atom. The molecule has 2 aliphatic heterocycles. The molecule has 2 fully saturated rings. The molecule has 81 heavy (non-hydrogen) atoms. The minimum Gasteiger partial charge on any atom is -0.391 e. The van der Waals surface area contributed by atoms with E-state index in [0.717, 1.165) is 109 Å². The fraction of sp³-hybridized carbons (Fsp3) is 0.524. The molecule has 434 valence electrons. The number of rotatable bonds is 25. The first-order valence-electron chi connectivity index (χ1n) is 29.1. The summed E-state index contributed by atoms with van der Waals surface area (Å²) in [6.45, 7) is 14.2. The number of fused-ring (bicyclic) bond motifs is 1. The van der Waals surface area contributed by atoms with Gasteiger partial charge in [0, 0.05) is 58.1 Å². The van der Waals surface area contributed by atoms with Crippen LogP contribution >= 0.6 is 11.3 Å². The Balaban J connectivity index is 0.693. The number of aromatic nitrogens is 5. The number of β-amino-alcohol motifs (C(OH)–C–C–N with tert-alkyl or cyclic N) is 1. The molecule has 17 nitrogen and oxygen atoms in total. The predicted octanol–water partition coefficient (Wildman–Crippen LogP) is 8.75. The summed E-state index contributed by atoms with van der Waals surface area (Å²) in [6.07, 6.45) is 10.5. The van der Waals surface area contributed by atoms with Crippen LogP contribution in [-0.4, -0.2) is 118 Å². The summed E-state index contributed by atoms with van der Waals surface area (Å²) in [4.78, 5) is 81.4. The van der Waals surface area contributed by atoms with Gasteiger partial charge >= 0.3 is 0 Å². The number of nitrogens with zero attached hydrogens (tertiary/aromatic N) is 7. The summed E-state index contributed by atoms with van der Waals surface area (Å²) < 4.78 is 3.14. The number of carbonyl (C=O) groups excluding carboxylic acids is 4. The van der Waals surface area contributed by atoms with Crippen LogP contribution < -0.4 is 21.5 Å². The quantitative estimate of drug-likeness (QED) is 0.0342. The minimum atomic E-state index is -1.14. The molecular formula is C63H84N10O7S. The number of benzene rings is 3. The summed E-state index contributed by atoms with van der Waals surface area (Å²) in [5.74, 6) is -0.706. The number of aryl methyl sites for hydroxylation is 2. The summed E-state index contributed by atoms with van der Waals surface area (Å²) in [5.41, 5.74) is 7.40. The van der Waals surface area contributed by atoms with E-state index in [2.05, 4.69) is 50.1 Å². The Bertz CT molecular complexity index is 3120. The van der Waals surface area contributed by atoms with Crippen molar-refractivity contribution in [3.05, 3.63) is 123 Å². The largest absolute Gasteiger partial charge is 0.391 e. The van der Waals surface area contributed by atoms with E-state index in [-0.39, 0.29) is 66.2 Å². The highest BCUT2D eigenvalue weighted by molar-refractivity contribution is 7.13. The molecular weight excluding hydrogens is 1040 g/mol. The van der Waals surface area contributed by atoms with E-state index in [0.29, 0.717) is 44.3 Å².